The fourth-order valence-corrected chi connectivity index (χ4v) is 2.23. The highest BCUT2D eigenvalue weighted by molar-refractivity contribution is 6.09. The molecular formula is C26H34O3. The van der Waals surface area contributed by atoms with Gasteiger partial charge in [0, 0.05) is 11.1 Å². The molecular weight excluding hydrogens is 360 g/mol. The van der Waals surface area contributed by atoms with E-state index in [2.05, 4.69) is 38.1 Å². The summed E-state index contributed by atoms with van der Waals surface area (Å²) in [7, 11) is 0. The summed E-state index contributed by atoms with van der Waals surface area (Å²) in [6, 6.07) is 22.6. The van der Waals surface area contributed by atoms with Crippen LogP contribution in [0.5, 0.6) is 11.5 Å². The lowest BCUT2D eigenvalue weighted by Crippen LogP contribution is -2.00. The molecule has 0 amide bonds. The van der Waals surface area contributed by atoms with Gasteiger partial charge in [0.1, 0.15) is 11.5 Å². The number of hydrogen-bond donors (Lipinski definition) is 2. The SMILES string of the molecule is CC.CC.CC(C)c1ccccc1.O=C(c1ccc(O)cc1)c1ccc(O)cc1. The standard InChI is InChI=1S/C13H10O3.C9H12.2C2H6/c14-11-5-1-9(2-6-11)13(16)10-3-7-12(15)8-4-10;1-8(2)9-6-4-3-5-7-9;2*1-2/h1-8,14-15H;3-8H,1-2H3;2*1-2H3. The van der Waals surface area contributed by atoms with Crippen LogP contribution in [0.15, 0.2) is 78.9 Å². The number of aromatic hydroxyl groups is 2. The van der Waals surface area contributed by atoms with Crippen LogP contribution < -0.4 is 0 Å². The van der Waals surface area contributed by atoms with Gasteiger partial charge >= 0.3 is 0 Å². The monoisotopic (exact) mass is 394 g/mol. The van der Waals surface area contributed by atoms with Crippen molar-refractivity contribution < 1.29 is 15.0 Å². The van der Waals surface area contributed by atoms with Gasteiger partial charge in [-0.2, -0.15) is 0 Å². The van der Waals surface area contributed by atoms with Gasteiger partial charge in [-0.15, -0.1) is 0 Å². The second-order valence-corrected chi connectivity index (χ2v) is 5.99. The first-order valence-electron chi connectivity index (χ1n) is 10.1. The molecule has 0 aromatic heterocycles. The summed E-state index contributed by atoms with van der Waals surface area (Å²) in [5.74, 6) is 0.774. The first-order valence-corrected chi connectivity index (χ1v) is 10.1. The van der Waals surface area contributed by atoms with E-state index in [0.29, 0.717) is 17.0 Å². The number of hydrogen-bond acceptors (Lipinski definition) is 3. The maximum Gasteiger partial charge on any atom is 0.193 e. The van der Waals surface area contributed by atoms with Crippen molar-refractivity contribution in [3.05, 3.63) is 95.6 Å². The van der Waals surface area contributed by atoms with Crippen LogP contribution in [0.2, 0.25) is 0 Å². The second kappa shape index (κ2) is 14.9. The minimum Gasteiger partial charge on any atom is -0.508 e. The third-order valence-corrected chi connectivity index (χ3v) is 3.73. The molecule has 0 atom stereocenters. The van der Waals surface area contributed by atoms with E-state index in [1.165, 1.54) is 29.8 Å². The fraction of sp³-hybridized carbons (Fsp3) is 0.269. The largest absolute Gasteiger partial charge is 0.508 e. The smallest absolute Gasteiger partial charge is 0.193 e. The third-order valence-electron chi connectivity index (χ3n) is 3.73. The van der Waals surface area contributed by atoms with Crippen LogP contribution in [0.25, 0.3) is 0 Å². The molecule has 3 aromatic carbocycles. The van der Waals surface area contributed by atoms with E-state index in [0.717, 1.165) is 0 Å². The quantitative estimate of drug-likeness (QED) is 0.462. The van der Waals surface area contributed by atoms with E-state index in [9.17, 15) is 4.79 Å². The molecule has 156 valence electrons. The zero-order valence-electron chi connectivity index (χ0n) is 18.4. The molecule has 0 heterocycles. The summed E-state index contributed by atoms with van der Waals surface area (Å²) in [5.41, 5.74) is 2.42. The Kier molecular flexibility index (Phi) is 13.3. The number of rotatable bonds is 3. The van der Waals surface area contributed by atoms with Crippen molar-refractivity contribution in [1.82, 2.24) is 0 Å². The first-order chi connectivity index (χ1) is 14.0. The average Bonchev–Trinajstić information content (AvgIpc) is 2.78. The molecule has 0 saturated carbocycles. The molecule has 0 unspecified atom stereocenters. The summed E-state index contributed by atoms with van der Waals surface area (Å²) in [5, 5.41) is 18.2. The molecule has 0 aliphatic heterocycles. The van der Waals surface area contributed by atoms with Gasteiger partial charge in [-0.25, -0.2) is 0 Å². The van der Waals surface area contributed by atoms with Crippen molar-refractivity contribution >= 4 is 5.78 Å². The van der Waals surface area contributed by atoms with Crippen molar-refractivity contribution in [2.24, 2.45) is 0 Å². The van der Waals surface area contributed by atoms with Crippen LogP contribution in [-0.4, -0.2) is 16.0 Å². The number of phenols is 2. The van der Waals surface area contributed by atoms with E-state index >= 15 is 0 Å². The molecule has 3 aromatic rings. The highest BCUT2D eigenvalue weighted by Crippen LogP contribution is 2.16. The van der Waals surface area contributed by atoms with Gasteiger partial charge in [0.15, 0.2) is 5.78 Å². The number of benzene rings is 3. The number of ketones is 1. The first kappa shape index (κ1) is 25.9. The van der Waals surface area contributed by atoms with Crippen LogP contribution in [0.3, 0.4) is 0 Å². The summed E-state index contributed by atoms with van der Waals surface area (Å²) >= 11 is 0. The number of carbonyl (C=O) groups is 1. The van der Waals surface area contributed by atoms with Gasteiger partial charge in [-0.05, 0) is 60.0 Å². The Morgan fingerprint density at radius 2 is 0.966 bits per heavy atom. The lowest BCUT2D eigenvalue weighted by Gasteiger charge is -2.01. The molecule has 29 heavy (non-hydrogen) atoms. The normalized spacial score (nSPS) is 9.07. The van der Waals surface area contributed by atoms with Crippen LogP contribution in [-0.2, 0) is 0 Å². The van der Waals surface area contributed by atoms with Gasteiger partial charge in [0.25, 0.3) is 0 Å². The predicted molar refractivity (Wildman–Crippen MR) is 123 cm³/mol. The van der Waals surface area contributed by atoms with Gasteiger partial charge in [-0.3, -0.25) is 4.79 Å². The van der Waals surface area contributed by atoms with E-state index < -0.39 is 0 Å². The zero-order valence-corrected chi connectivity index (χ0v) is 18.4. The van der Waals surface area contributed by atoms with Crippen LogP contribution >= 0.6 is 0 Å². The van der Waals surface area contributed by atoms with Crippen LogP contribution in [0.1, 0.15) is 68.9 Å². The second-order valence-electron chi connectivity index (χ2n) is 5.99. The topological polar surface area (TPSA) is 57.5 Å². The molecule has 0 fully saturated rings. The Labute approximate surface area is 175 Å². The molecule has 0 aliphatic rings. The number of phenolic OH excluding ortho intramolecular Hbond substituents is 2. The molecule has 0 radical (unpaired) electrons. The van der Waals surface area contributed by atoms with Crippen molar-refractivity contribution in [2.45, 2.75) is 47.5 Å². The summed E-state index contributed by atoms with van der Waals surface area (Å²) in [6.45, 7) is 12.4. The van der Waals surface area contributed by atoms with E-state index in [4.69, 9.17) is 10.2 Å². The maximum absolute atomic E-state index is 11.9. The minimum atomic E-state index is -0.139. The van der Waals surface area contributed by atoms with Crippen molar-refractivity contribution in [3.63, 3.8) is 0 Å². The Bertz CT molecular complexity index is 742. The molecule has 0 spiro atoms. The highest BCUT2D eigenvalue weighted by atomic mass is 16.3. The number of carbonyl (C=O) groups excluding carboxylic acids is 1. The summed E-state index contributed by atoms with van der Waals surface area (Å²) in [4.78, 5) is 11.9. The van der Waals surface area contributed by atoms with E-state index in [1.807, 2.05) is 33.8 Å². The van der Waals surface area contributed by atoms with Gasteiger partial charge in [-0.1, -0.05) is 71.9 Å². The van der Waals surface area contributed by atoms with Crippen molar-refractivity contribution in [3.8, 4) is 11.5 Å². The predicted octanol–water partition coefficient (Wildman–Crippen LogP) is 7.19. The Morgan fingerprint density at radius 3 is 1.24 bits per heavy atom. The third kappa shape index (κ3) is 9.61. The molecule has 2 N–H and O–H groups in total. The molecule has 3 nitrogen and oxygen atoms in total. The molecule has 3 heteroatoms. The fourth-order valence-electron chi connectivity index (χ4n) is 2.23. The van der Waals surface area contributed by atoms with Crippen LogP contribution in [0, 0.1) is 0 Å². The highest BCUT2D eigenvalue weighted by Gasteiger charge is 2.08. The Hall–Kier alpha value is -3.07. The van der Waals surface area contributed by atoms with E-state index in [1.54, 1.807) is 24.3 Å². The van der Waals surface area contributed by atoms with Gasteiger partial charge in [0.2, 0.25) is 0 Å². The van der Waals surface area contributed by atoms with Gasteiger partial charge < -0.3 is 10.2 Å². The summed E-state index contributed by atoms with van der Waals surface area (Å²) in [6.07, 6.45) is 0. The summed E-state index contributed by atoms with van der Waals surface area (Å²) < 4.78 is 0. The molecule has 3 rings (SSSR count). The molecule has 0 bridgehead atoms. The maximum atomic E-state index is 11.9. The molecule has 0 saturated heterocycles. The van der Waals surface area contributed by atoms with Gasteiger partial charge in [0.05, 0.1) is 0 Å². The lowest BCUT2D eigenvalue weighted by atomic mass is 10.0. The minimum absolute atomic E-state index is 0.127. The van der Waals surface area contributed by atoms with Crippen molar-refractivity contribution in [1.29, 1.82) is 0 Å². The van der Waals surface area contributed by atoms with Crippen LogP contribution in [0.4, 0.5) is 0 Å². The van der Waals surface area contributed by atoms with E-state index in [-0.39, 0.29) is 17.3 Å². The van der Waals surface area contributed by atoms with Crippen molar-refractivity contribution in [2.75, 3.05) is 0 Å². The molecule has 0 aliphatic carbocycles. The Morgan fingerprint density at radius 1 is 0.621 bits per heavy atom. The average molecular weight is 395 g/mol. The zero-order chi connectivity index (χ0) is 22.2. The Balaban J connectivity index is 0.000000513. The lowest BCUT2D eigenvalue weighted by molar-refractivity contribution is 0.103.